The number of esters is 1. The zero-order chi connectivity index (χ0) is 19.3. The van der Waals surface area contributed by atoms with Gasteiger partial charge in [0.1, 0.15) is 11.9 Å². The lowest BCUT2D eigenvalue weighted by Crippen LogP contribution is -2.38. The zero-order valence-corrected chi connectivity index (χ0v) is 16.1. The third kappa shape index (κ3) is 5.46. The number of benzene rings is 1. The average molecular weight is 358 g/mol. The van der Waals surface area contributed by atoms with Crippen LogP contribution in [0.1, 0.15) is 57.3 Å². The number of rotatable bonds is 3. The monoisotopic (exact) mass is 358 g/mol. The number of carbonyl (C=O) groups is 1. The molecule has 0 fully saturated rings. The van der Waals surface area contributed by atoms with E-state index in [0.29, 0.717) is 12.0 Å². The smallest absolute Gasteiger partial charge is 0.338 e. The molecule has 1 aromatic carbocycles. The van der Waals surface area contributed by atoms with Crippen molar-refractivity contribution >= 4 is 5.97 Å². The Bertz CT molecular complexity index is 670. The Morgan fingerprint density at radius 1 is 1.15 bits per heavy atom. The van der Waals surface area contributed by atoms with Gasteiger partial charge in [0.15, 0.2) is 0 Å². The van der Waals surface area contributed by atoms with Crippen molar-refractivity contribution in [2.75, 3.05) is 0 Å². The van der Waals surface area contributed by atoms with Gasteiger partial charge in [-0.05, 0) is 56.9 Å². The van der Waals surface area contributed by atoms with Gasteiger partial charge in [-0.1, -0.05) is 37.1 Å². The minimum Gasteiger partial charge on any atom is -0.508 e. The van der Waals surface area contributed by atoms with Crippen molar-refractivity contribution in [2.45, 2.75) is 59.2 Å². The lowest BCUT2D eigenvalue weighted by Gasteiger charge is -2.33. The molecule has 1 aliphatic carbocycles. The van der Waals surface area contributed by atoms with Gasteiger partial charge in [0.05, 0.1) is 11.7 Å². The van der Waals surface area contributed by atoms with Crippen LogP contribution in [0.5, 0.6) is 5.75 Å². The van der Waals surface area contributed by atoms with Crippen molar-refractivity contribution in [3.63, 3.8) is 0 Å². The van der Waals surface area contributed by atoms with E-state index in [1.165, 1.54) is 17.7 Å². The summed E-state index contributed by atoms with van der Waals surface area (Å²) in [6.45, 7) is 8.17. The van der Waals surface area contributed by atoms with Crippen LogP contribution in [0.3, 0.4) is 0 Å². The van der Waals surface area contributed by atoms with Crippen LogP contribution < -0.4 is 0 Å². The lowest BCUT2D eigenvalue weighted by molar-refractivity contribution is -0.0216. The fourth-order valence-corrected chi connectivity index (χ4v) is 3.54. The molecule has 2 rings (SSSR count). The summed E-state index contributed by atoms with van der Waals surface area (Å²) in [4.78, 5) is 12.6. The molecular formula is C22H30O4. The second-order valence-corrected chi connectivity index (χ2v) is 7.61. The largest absolute Gasteiger partial charge is 0.508 e. The maximum Gasteiger partial charge on any atom is 0.338 e. The van der Waals surface area contributed by atoms with Gasteiger partial charge in [-0.3, -0.25) is 0 Å². The van der Waals surface area contributed by atoms with Crippen molar-refractivity contribution < 1.29 is 19.7 Å². The van der Waals surface area contributed by atoms with Gasteiger partial charge in [0.25, 0.3) is 0 Å². The lowest BCUT2D eigenvalue weighted by atomic mass is 9.81. The predicted octanol–water partition coefficient (Wildman–Crippen LogP) is 4.63. The highest BCUT2D eigenvalue weighted by molar-refractivity contribution is 5.89. The number of allylic oxidation sites excluding steroid dienone is 2. The van der Waals surface area contributed by atoms with Gasteiger partial charge < -0.3 is 14.9 Å². The summed E-state index contributed by atoms with van der Waals surface area (Å²) in [5.41, 5.74) is 2.71. The van der Waals surface area contributed by atoms with Crippen molar-refractivity contribution in [1.82, 2.24) is 0 Å². The molecule has 0 aromatic heterocycles. The van der Waals surface area contributed by atoms with Crippen LogP contribution in [-0.2, 0) is 4.74 Å². The molecule has 3 atom stereocenters. The van der Waals surface area contributed by atoms with Crippen LogP contribution in [0.2, 0.25) is 0 Å². The number of aromatic hydroxyl groups is 1. The number of aliphatic hydroxyl groups is 1. The fourth-order valence-electron chi connectivity index (χ4n) is 3.54. The number of phenolic OH excluding ortho intramolecular Hbond substituents is 1. The van der Waals surface area contributed by atoms with Crippen molar-refractivity contribution in [3.8, 4) is 5.75 Å². The first-order chi connectivity index (χ1) is 12.3. The van der Waals surface area contributed by atoms with E-state index in [2.05, 4.69) is 6.08 Å². The van der Waals surface area contributed by atoms with Gasteiger partial charge in [0, 0.05) is 12.3 Å². The average Bonchev–Trinajstić information content (AvgIpc) is 2.54. The Morgan fingerprint density at radius 3 is 2.42 bits per heavy atom. The van der Waals surface area contributed by atoms with Crippen molar-refractivity contribution in [3.05, 3.63) is 53.1 Å². The van der Waals surface area contributed by atoms with E-state index < -0.39 is 18.2 Å². The highest BCUT2D eigenvalue weighted by atomic mass is 16.5. The third-order valence-corrected chi connectivity index (χ3v) is 4.96. The molecule has 26 heavy (non-hydrogen) atoms. The summed E-state index contributed by atoms with van der Waals surface area (Å²) < 4.78 is 5.85. The second-order valence-electron chi connectivity index (χ2n) is 7.61. The van der Waals surface area contributed by atoms with E-state index in [1.54, 1.807) is 12.1 Å². The van der Waals surface area contributed by atoms with Crippen LogP contribution in [-0.4, -0.2) is 28.4 Å². The van der Waals surface area contributed by atoms with E-state index in [0.717, 1.165) is 18.4 Å². The first kappa shape index (κ1) is 20.2. The summed E-state index contributed by atoms with van der Waals surface area (Å²) in [7, 11) is 0. The third-order valence-electron chi connectivity index (χ3n) is 4.96. The highest BCUT2D eigenvalue weighted by Gasteiger charge is 2.33. The first-order valence-corrected chi connectivity index (χ1v) is 9.29. The molecule has 0 amide bonds. The van der Waals surface area contributed by atoms with E-state index in [9.17, 15) is 15.0 Å². The van der Waals surface area contributed by atoms with Crippen molar-refractivity contribution in [1.29, 1.82) is 0 Å². The normalized spacial score (nSPS) is 26.6. The number of hydrogen-bond acceptors (Lipinski definition) is 4. The van der Waals surface area contributed by atoms with Crippen LogP contribution in [0, 0.1) is 11.8 Å². The maximum atomic E-state index is 12.6. The summed E-state index contributed by atoms with van der Waals surface area (Å²) in [6, 6.07) is 6.03. The van der Waals surface area contributed by atoms with Gasteiger partial charge in [-0.2, -0.15) is 0 Å². The highest BCUT2D eigenvalue weighted by Crippen LogP contribution is 2.30. The van der Waals surface area contributed by atoms with Crippen LogP contribution in [0.15, 0.2) is 47.6 Å². The Kier molecular flexibility index (Phi) is 7.04. The molecular weight excluding hydrogens is 328 g/mol. The van der Waals surface area contributed by atoms with E-state index in [-0.39, 0.29) is 17.6 Å². The van der Waals surface area contributed by atoms with E-state index in [1.807, 2.05) is 33.8 Å². The molecule has 0 saturated heterocycles. The van der Waals surface area contributed by atoms with Gasteiger partial charge in [-0.15, -0.1) is 0 Å². The summed E-state index contributed by atoms with van der Waals surface area (Å²) in [6.07, 6.45) is 5.48. The Hall–Kier alpha value is -2.07. The molecule has 4 nitrogen and oxygen atoms in total. The molecule has 0 unspecified atom stereocenters. The molecule has 4 heteroatoms. The summed E-state index contributed by atoms with van der Waals surface area (Å²) in [5.74, 6) is -0.361. The molecule has 0 radical (unpaired) electrons. The Labute approximate surface area is 156 Å². The minimum absolute atomic E-state index is 0.107. The quantitative estimate of drug-likeness (QED) is 0.611. The minimum atomic E-state index is -0.654. The molecule has 1 aromatic rings. The first-order valence-electron chi connectivity index (χ1n) is 9.29. The van der Waals surface area contributed by atoms with Gasteiger partial charge >= 0.3 is 5.97 Å². The molecule has 1 aliphatic rings. The van der Waals surface area contributed by atoms with E-state index >= 15 is 0 Å². The standard InChI is InChI=1S/C22H30O4/c1-14(2)21-19(24)12-15(3)6-5-7-16(4)13-20(21)26-22(25)17-8-10-18(23)11-9-17/h7-12,14,19-21,23-24H,5-6,13H2,1-4H3/b15-12+,16-7?/t19-,20-,21-/m0/s1. The molecule has 0 bridgehead atoms. The summed E-state index contributed by atoms with van der Waals surface area (Å²) >= 11 is 0. The van der Waals surface area contributed by atoms with Crippen LogP contribution >= 0.6 is 0 Å². The number of hydrogen-bond donors (Lipinski definition) is 2. The molecule has 0 heterocycles. The molecule has 0 spiro atoms. The maximum absolute atomic E-state index is 12.6. The van der Waals surface area contributed by atoms with Crippen molar-refractivity contribution in [2.24, 2.45) is 11.8 Å². The fraction of sp³-hybridized carbons (Fsp3) is 0.500. The van der Waals surface area contributed by atoms with Crippen LogP contribution in [0.4, 0.5) is 0 Å². The SMILES string of the molecule is CC1=CCC/C(C)=C/[C@H](O)[C@H](C(C)C)[C@@H](OC(=O)c2ccc(O)cc2)C1. The molecule has 2 N–H and O–H groups in total. The Morgan fingerprint density at radius 2 is 1.81 bits per heavy atom. The topological polar surface area (TPSA) is 66.8 Å². The number of aliphatic hydroxyl groups excluding tert-OH is 1. The number of ether oxygens (including phenoxy) is 1. The summed E-state index contributed by atoms with van der Waals surface area (Å²) in [5, 5.41) is 20.2. The van der Waals surface area contributed by atoms with E-state index in [4.69, 9.17) is 4.74 Å². The molecule has 0 aliphatic heterocycles. The van der Waals surface area contributed by atoms with Crippen LogP contribution in [0.25, 0.3) is 0 Å². The number of carbonyl (C=O) groups excluding carboxylic acids is 1. The molecule has 0 saturated carbocycles. The van der Waals surface area contributed by atoms with Gasteiger partial charge in [0.2, 0.25) is 0 Å². The second kappa shape index (κ2) is 9.04. The number of phenols is 1. The predicted molar refractivity (Wildman–Crippen MR) is 103 cm³/mol. The Balaban J connectivity index is 2.30. The zero-order valence-electron chi connectivity index (χ0n) is 16.1. The van der Waals surface area contributed by atoms with Gasteiger partial charge in [-0.25, -0.2) is 4.79 Å². The molecule has 142 valence electrons.